The molecule has 0 fully saturated rings. The number of para-hydroxylation sites is 1. The average molecular weight is 586 g/mol. The number of fused-ring (bicyclic) bond motifs is 2. The first-order valence-corrected chi connectivity index (χ1v) is 13.8. The lowest BCUT2D eigenvalue weighted by molar-refractivity contribution is -0.384. The number of aromatic carboxylic acids is 1. The summed E-state index contributed by atoms with van der Waals surface area (Å²) in [6.45, 7) is 0.290. The van der Waals surface area contributed by atoms with E-state index in [2.05, 4.69) is 4.98 Å². The zero-order chi connectivity index (χ0) is 29.4. The Hall–Kier alpha value is -4.87. The molecule has 0 spiro atoms. The number of nitrogens with zero attached hydrogens (tertiary/aromatic N) is 2. The number of nitro benzene ring substituents is 1. The molecular formula is C31H22FN2O7S-. The van der Waals surface area contributed by atoms with Gasteiger partial charge in [0, 0.05) is 23.6 Å². The van der Waals surface area contributed by atoms with Crippen LogP contribution in [0.2, 0.25) is 0 Å². The quantitative estimate of drug-likeness (QED) is 0.193. The molecule has 4 aromatic carbocycles. The maximum Gasteiger partial charge on any atom is 0.277 e. The number of carboxylic acid groups (broad SMARTS) is 1. The Bertz CT molecular complexity index is 1840. The number of halogens is 1. The molecule has 0 saturated carbocycles. The molecule has 0 aliphatic carbocycles. The minimum atomic E-state index is -1.38. The second-order valence-corrected chi connectivity index (χ2v) is 11.0. The fourth-order valence-electron chi connectivity index (χ4n) is 5.14. The number of thiazole rings is 1. The lowest BCUT2D eigenvalue weighted by Gasteiger charge is -2.31. The Kier molecular flexibility index (Phi) is 7.27. The minimum absolute atomic E-state index is 0.0766. The van der Waals surface area contributed by atoms with Gasteiger partial charge in [0.25, 0.3) is 5.69 Å². The van der Waals surface area contributed by atoms with Crippen LogP contribution in [0, 0.1) is 21.8 Å². The standard InChI is InChI=1S/C31H23FN2O7S/c32-20-6-10-28-25(13-20)33-29(42-28)16-40-21-7-9-27-24(14-21)30(35)19(15-41-27)12-18-11-17(31(36)37)5-8-22(18)23-3-1-2-4-26(23)34(38)39/h1-11,13-14,19,30,35H,12,15-16H2,(H,36,37)/p-1. The number of ether oxygens (including phenoxy) is 2. The van der Waals surface area contributed by atoms with Gasteiger partial charge in [-0.1, -0.05) is 24.3 Å². The third-order valence-electron chi connectivity index (χ3n) is 7.17. The average Bonchev–Trinajstić information content (AvgIpc) is 3.39. The van der Waals surface area contributed by atoms with Gasteiger partial charge in [-0.15, -0.1) is 11.3 Å². The molecule has 212 valence electrons. The lowest BCUT2D eigenvalue weighted by atomic mass is 9.84. The first-order valence-electron chi connectivity index (χ1n) is 13.0. The molecule has 2 heterocycles. The van der Waals surface area contributed by atoms with Crippen molar-refractivity contribution >= 4 is 33.2 Å². The summed E-state index contributed by atoms with van der Waals surface area (Å²) in [5, 5.41) is 35.4. The van der Waals surface area contributed by atoms with E-state index in [0.29, 0.717) is 44.3 Å². The molecule has 5 aromatic rings. The van der Waals surface area contributed by atoms with Crippen LogP contribution in [0.5, 0.6) is 11.5 Å². The number of carbonyl (C=O) groups excluding carboxylic acids is 1. The second kappa shape index (κ2) is 11.2. The molecule has 2 atom stereocenters. The monoisotopic (exact) mass is 585 g/mol. The van der Waals surface area contributed by atoms with Crippen LogP contribution < -0.4 is 14.6 Å². The maximum absolute atomic E-state index is 13.5. The van der Waals surface area contributed by atoms with Crippen molar-refractivity contribution < 1.29 is 33.8 Å². The van der Waals surface area contributed by atoms with Crippen LogP contribution in [-0.2, 0) is 13.0 Å². The highest BCUT2D eigenvalue weighted by atomic mass is 32.1. The highest BCUT2D eigenvalue weighted by molar-refractivity contribution is 7.18. The van der Waals surface area contributed by atoms with Gasteiger partial charge in [0.2, 0.25) is 0 Å². The second-order valence-electron chi connectivity index (χ2n) is 9.86. The number of aromatic nitrogens is 1. The molecule has 0 amide bonds. The van der Waals surface area contributed by atoms with E-state index in [9.17, 15) is 29.5 Å². The summed E-state index contributed by atoms with van der Waals surface area (Å²) in [6, 6.07) is 20.0. The van der Waals surface area contributed by atoms with E-state index in [4.69, 9.17) is 9.47 Å². The van der Waals surface area contributed by atoms with Crippen molar-refractivity contribution in [3.63, 3.8) is 0 Å². The third-order valence-corrected chi connectivity index (χ3v) is 8.18. The first-order chi connectivity index (χ1) is 20.3. The summed E-state index contributed by atoms with van der Waals surface area (Å²) in [7, 11) is 0. The number of hydrogen-bond donors (Lipinski definition) is 1. The number of aliphatic hydroxyl groups is 1. The number of carbonyl (C=O) groups is 1. The van der Waals surface area contributed by atoms with Crippen LogP contribution >= 0.6 is 11.3 Å². The van der Waals surface area contributed by atoms with Crippen LogP contribution in [-0.4, -0.2) is 27.6 Å². The van der Waals surface area contributed by atoms with Crippen LogP contribution in [0.4, 0.5) is 10.1 Å². The summed E-state index contributed by atoms with van der Waals surface area (Å²) in [6.07, 6.45) is -0.816. The number of rotatable bonds is 8. The Morgan fingerprint density at radius 2 is 1.93 bits per heavy atom. The predicted molar refractivity (Wildman–Crippen MR) is 151 cm³/mol. The number of nitro groups is 1. The summed E-state index contributed by atoms with van der Waals surface area (Å²) < 4.78 is 26.2. The third kappa shape index (κ3) is 5.39. The van der Waals surface area contributed by atoms with E-state index in [0.717, 1.165) is 4.70 Å². The molecule has 2 unspecified atom stereocenters. The lowest BCUT2D eigenvalue weighted by Crippen LogP contribution is -2.28. The van der Waals surface area contributed by atoms with E-state index in [1.165, 1.54) is 47.7 Å². The van der Waals surface area contributed by atoms with Crippen LogP contribution in [0.15, 0.2) is 78.9 Å². The summed E-state index contributed by atoms with van der Waals surface area (Å²) in [5.41, 5.74) is 2.18. The van der Waals surface area contributed by atoms with Gasteiger partial charge in [0.15, 0.2) is 0 Å². The minimum Gasteiger partial charge on any atom is -0.545 e. The maximum atomic E-state index is 13.5. The Balaban J connectivity index is 1.25. The van der Waals surface area contributed by atoms with Gasteiger partial charge in [-0.05, 0) is 65.6 Å². The van der Waals surface area contributed by atoms with E-state index in [-0.39, 0.29) is 36.7 Å². The number of aliphatic hydroxyl groups excluding tert-OH is 1. The van der Waals surface area contributed by atoms with Crippen LogP contribution in [0.3, 0.4) is 0 Å². The van der Waals surface area contributed by atoms with Crippen LogP contribution in [0.1, 0.15) is 32.6 Å². The van der Waals surface area contributed by atoms with Gasteiger partial charge in [-0.25, -0.2) is 9.37 Å². The van der Waals surface area contributed by atoms with E-state index in [1.54, 1.807) is 42.5 Å². The zero-order valence-electron chi connectivity index (χ0n) is 21.9. The molecule has 42 heavy (non-hydrogen) atoms. The Morgan fingerprint density at radius 1 is 1.10 bits per heavy atom. The van der Waals surface area contributed by atoms with E-state index >= 15 is 0 Å². The van der Waals surface area contributed by atoms with Gasteiger partial charge < -0.3 is 24.5 Å². The van der Waals surface area contributed by atoms with Crippen molar-refractivity contribution in [3.8, 4) is 22.6 Å². The van der Waals surface area contributed by atoms with Crippen molar-refractivity contribution in [2.45, 2.75) is 19.1 Å². The normalized spacial score (nSPS) is 16.0. The zero-order valence-corrected chi connectivity index (χ0v) is 22.7. The molecule has 0 radical (unpaired) electrons. The predicted octanol–water partition coefficient (Wildman–Crippen LogP) is 5.24. The molecule has 0 saturated heterocycles. The fraction of sp³-hybridized carbons (Fsp3) is 0.161. The van der Waals surface area contributed by atoms with Gasteiger partial charge in [0.1, 0.15) is 28.9 Å². The van der Waals surface area contributed by atoms with Crippen molar-refractivity contribution in [2.24, 2.45) is 5.92 Å². The molecule has 6 rings (SSSR count). The van der Waals surface area contributed by atoms with Gasteiger partial charge in [-0.3, -0.25) is 10.1 Å². The van der Waals surface area contributed by atoms with Crippen molar-refractivity contribution in [3.05, 3.63) is 116 Å². The molecule has 1 aliphatic rings. The SMILES string of the molecule is O=C([O-])c1ccc(-c2ccccc2[N+](=O)[O-])c(CC2COc3ccc(OCc4nc5cc(F)ccc5s4)cc3C2O)c1. The van der Waals surface area contributed by atoms with Gasteiger partial charge >= 0.3 is 0 Å². The van der Waals surface area contributed by atoms with Gasteiger partial charge in [0.05, 0.1) is 39.4 Å². The van der Waals surface area contributed by atoms with Crippen molar-refractivity contribution in [2.75, 3.05) is 6.61 Å². The molecular weight excluding hydrogens is 563 g/mol. The number of benzene rings is 4. The van der Waals surface area contributed by atoms with Crippen molar-refractivity contribution in [1.29, 1.82) is 0 Å². The molecule has 1 aromatic heterocycles. The van der Waals surface area contributed by atoms with E-state index < -0.39 is 22.9 Å². The van der Waals surface area contributed by atoms with E-state index in [1.807, 2.05) is 0 Å². The van der Waals surface area contributed by atoms with Crippen molar-refractivity contribution in [1.82, 2.24) is 4.98 Å². The molecule has 0 bridgehead atoms. The van der Waals surface area contributed by atoms with Crippen LogP contribution in [0.25, 0.3) is 21.3 Å². The highest BCUT2D eigenvalue weighted by Gasteiger charge is 2.31. The Labute approximate surface area is 242 Å². The number of carboxylic acids is 1. The molecule has 1 aliphatic heterocycles. The smallest absolute Gasteiger partial charge is 0.277 e. The van der Waals surface area contributed by atoms with Gasteiger partial charge in [-0.2, -0.15) is 0 Å². The molecule has 11 heteroatoms. The summed E-state index contributed by atoms with van der Waals surface area (Å²) in [4.78, 5) is 27.3. The highest BCUT2D eigenvalue weighted by Crippen LogP contribution is 2.41. The first kappa shape index (κ1) is 27.3. The topological polar surface area (TPSA) is 135 Å². The number of hydrogen-bond acceptors (Lipinski definition) is 9. The summed E-state index contributed by atoms with van der Waals surface area (Å²) in [5.74, 6) is -1.27. The Morgan fingerprint density at radius 3 is 2.74 bits per heavy atom. The molecule has 1 N–H and O–H groups in total. The fourth-order valence-corrected chi connectivity index (χ4v) is 6.00. The largest absolute Gasteiger partial charge is 0.545 e. The molecule has 9 nitrogen and oxygen atoms in total. The summed E-state index contributed by atoms with van der Waals surface area (Å²) >= 11 is 1.40.